The van der Waals surface area contributed by atoms with Crippen molar-refractivity contribution in [1.82, 2.24) is 0 Å². The Kier molecular flexibility index (Phi) is 61.8. The zero-order valence-corrected chi connectivity index (χ0v) is 55.0. The number of carbonyl (C=O) groups is 3. The molecule has 0 aliphatic rings. The molecule has 84 heavy (non-hydrogen) atoms. The number of carboxylic acids is 1. The van der Waals surface area contributed by atoms with Gasteiger partial charge in [-0.1, -0.05) is 303 Å². The molecule has 0 bridgehead atoms. The van der Waals surface area contributed by atoms with E-state index < -0.39 is 24.3 Å². The summed E-state index contributed by atoms with van der Waals surface area (Å²) in [7, 11) is 5.92. The van der Waals surface area contributed by atoms with Gasteiger partial charge < -0.3 is 33.3 Å². The second kappa shape index (κ2) is 64.9. The number of ether oxygens (including phenoxy) is 4. The molecule has 0 heterocycles. The fraction of sp³-hybridized carbons (Fsp3) is 0.720. The van der Waals surface area contributed by atoms with Crippen molar-refractivity contribution >= 4 is 17.9 Å². The molecule has 0 aromatic carbocycles. The van der Waals surface area contributed by atoms with E-state index in [0.29, 0.717) is 17.4 Å². The lowest BCUT2D eigenvalue weighted by Gasteiger charge is -2.26. The van der Waals surface area contributed by atoms with Crippen LogP contribution in [0, 0.1) is 0 Å². The van der Waals surface area contributed by atoms with Gasteiger partial charge in [-0.2, -0.15) is 0 Å². The first-order valence-corrected chi connectivity index (χ1v) is 34.5. The molecule has 0 aliphatic heterocycles. The lowest BCUT2D eigenvalue weighted by atomic mass is 10.0. The summed E-state index contributed by atoms with van der Waals surface area (Å²) in [5.74, 6) is -2.29. The van der Waals surface area contributed by atoms with E-state index in [2.05, 4.69) is 123 Å². The molecule has 9 heteroatoms. The highest BCUT2D eigenvalue weighted by atomic mass is 16.7. The third-order valence-corrected chi connectivity index (χ3v) is 14.8. The van der Waals surface area contributed by atoms with E-state index in [1.807, 2.05) is 21.1 Å². The van der Waals surface area contributed by atoms with Crippen LogP contribution in [0.4, 0.5) is 0 Å². The average Bonchev–Trinajstić information content (AvgIpc) is 3.55. The van der Waals surface area contributed by atoms with Crippen molar-refractivity contribution in [2.75, 3.05) is 47.5 Å². The molecular formula is C75H129NO8. The first-order valence-electron chi connectivity index (χ1n) is 34.5. The monoisotopic (exact) mass is 1170 g/mol. The summed E-state index contributed by atoms with van der Waals surface area (Å²) in [6, 6.07) is 0. The molecule has 2 unspecified atom stereocenters. The van der Waals surface area contributed by atoms with Crippen LogP contribution < -0.4 is 5.11 Å². The van der Waals surface area contributed by atoms with Gasteiger partial charge in [-0.05, 0) is 83.5 Å². The van der Waals surface area contributed by atoms with Crippen LogP contribution in [0.3, 0.4) is 0 Å². The summed E-state index contributed by atoms with van der Waals surface area (Å²) in [6.45, 7) is 4.65. The highest BCUT2D eigenvalue weighted by Gasteiger charge is 2.22. The van der Waals surface area contributed by atoms with Crippen LogP contribution in [0.5, 0.6) is 0 Å². The van der Waals surface area contributed by atoms with Crippen molar-refractivity contribution in [3.05, 3.63) is 109 Å². The molecule has 0 amide bonds. The van der Waals surface area contributed by atoms with Crippen molar-refractivity contribution < 1.29 is 42.9 Å². The van der Waals surface area contributed by atoms with Gasteiger partial charge in [0.15, 0.2) is 12.4 Å². The fourth-order valence-electron chi connectivity index (χ4n) is 9.53. The quantitative estimate of drug-likeness (QED) is 0.0195. The molecule has 0 aromatic rings. The Balaban J connectivity index is 4.19. The molecule has 0 saturated carbocycles. The van der Waals surface area contributed by atoms with Gasteiger partial charge in [0, 0.05) is 12.8 Å². The van der Waals surface area contributed by atoms with E-state index in [9.17, 15) is 19.5 Å². The lowest BCUT2D eigenvalue weighted by Crippen LogP contribution is -2.44. The van der Waals surface area contributed by atoms with Gasteiger partial charge in [0.25, 0.3) is 0 Å². The molecule has 0 spiro atoms. The van der Waals surface area contributed by atoms with Gasteiger partial charge in [-0.15, -0.1) is 0 Å². The van der Waals surface area contributed by atoms with Crippen LogP contribution in [-0.4, -0.2) is 82.3 Å². The molecule has 0 radical (unpaired) electrons. The standard InChI is InChI=1S/C75H129NO8/c1-6-8-10-12-14-16-18-20-22-24-26-28-30-32-33-34-35-36-37-38-39-40-41-42-44-46-48-50-52-54-56-58-60-62-64-66-73(78)84-71(70-83-75(74(79)80)81-68-67-76(3,4)5)69-82-72(77)65-63-61-59-57-55-53-51-49-47-45-43-31-29-27-25-23-21-19-17-15-13-11-9-7-2/h8,10,14,16,20,22,26,28,32-33,35-36,38-39,41-42,46,48,71,75H,6-7,9,11-13,15,17-19,21,23-25,27,29-31,34,37,40,43-45,47,49-70H2,1-5H3/b10-8-,16-14-,22-20-,28-26-,33-32-,36-35-,39-38-,42-41-,48-46-. The van der Waals surface area contributed by atoms with E-state index >= 15 is 0 Å². The Morgan fingerprint density at radius 2 is 0.679 bits per heavy atom. The maximum atomic E-state index is 12.9. The number of likely N-dealkylation sites (N-methyl/N-ethyl adjacent to an activating group) is 1. The predicted octanol–water partition coefficient (Wildman–Crippen LogP) is 20.1. The third-order valence-electron chi connectivity index (χ3n) is 14.8. The number of nitrogens with zero attached hydrogens (tertiary/aromatic N) is 1. The van der Waals surface area contributed by atoms with Gasteiger partial charge in [0.05, 0.1) is 40.3 Å². The number of quaternary nitrogens is 1. The normalized spacial score (nSPS) is 13.4. The number of unbranched alkanes of at least 4 members (excludes halogenated alkanes) is 30. The van der Waals surface area contributed by atoms with E-state index in [-0.39, 0.29) is 38.6 Å². The predicted molar refractivity (Wildman–Crippen MR) is 357 cm³/mol. The summed E-state index contributed by atoms with van der Waals surface area (Å²) < 4.78 is 22.8. The second-order valence-electron chi connectivity index (χ2n) is 24.1. The summed E-state index contributed by atoms with van der Waals surface area (Å²) in [5, 5.41) is 11.8. The molecule has 2 atom stereocenters. The summed E-state index contributed by atoms with van der Waals surface area (Å²) in [6.07, 6.45) is 87.3. The van der Waals surface area contributed by atoms with Gasteiger partial charge in [-0.25, -0.2) is 0 Å². The molecule has 0 N–H and O–H groups in total. The Morgan fingerprint density at radius 1 is 0.369 bits per heavy atom. The first-order chi connectivity index (χ1) is 41.1. The molecule has 0 saturated heterocycles. The molecule has 0 rings (SSSR count). The third kappa shape index (κ3) is 65.5. The largest absolute Gasteiger partial charge is 0.545 e. The minimum atomic E-state index is -1.63. The molecule has 482 valence electrons. The van der Waals surface area contributed by atoms with Crippen molar-refractivity contribution in [2.24, 2.45) is 0 Å². The van der Waals surface area contributed by atoms with Crippen LogP contribution in [0.2, 0.25) is 0 Å². The maximum Gasteiger partial charge on any atom is 0.306 e. The van der Waals surface area contributed by atoms with Gasteiger partial charge in [0.2, 0.25) is 0 Å². The Labute approximate surface area is 517 Å². The average molecular weight is 1170 g/mol. The molecular weight excluding hydrogens is 1040 g/mol. The van der Waals surface area contributed by atoms with Crippen molar-refractivity contribution in [2.45, 2.75) is 302 Å². The van der Waals surface area contributed by atoms with Crippen LogP contribution >= 0.6 is 0 Å². The van der Waals surface area contributed by atoms with E-state index in [1.165, 1.54) is 154 Å². The number of esters is 2. The van der Waals surface area contributed by atoms with Crippen molar-refractivity contribution in [1.29, 1.82) is 0 Å². The SMILES string of the molecule is CC/C=C\C/C=C\C/C=C\C/C=C\C/C=C\C/C=C\C/C=C\C/C=C\C/C=C\CCCCCCCCCC(=O)OC(COC(=O)CCCCCCCCCCCCCCCCCCCCCCCCCC)COC(OCC[N+](C)(C)C)C(=O)[O-]. The minimum Gasteiger partial charge on any atom is -0.545 e. The summed E-state index contributed by atoms with van der Waals surface area (Å²) in [4.78, 5) is 37.5. The summed E-state index contributed by atoms with van der Waals surface area (Å²) in [5.41, 5.74) is 0. The molecule has 0 aliphatic carbocycles. The lowest BCUT2D eigenvalue weighted by molar-refractivity contribution is -0.870. The van der Waals surface area contributed by atoms with Crippen LogP contribution in [-0.2, 0) is 33.3 Å². The summed E-state index contributed by atoms with van der Waals surface area (Å²) >= 11 is 0. The number of hydrogen-bond donors (Lipinski definition) is 0. The zero-order chi connectivity index (χ0) is 61.2. The second-order valence-corrected chi connectivity index (χ2v) is 24.1. The van der Waals surface area contributed by atoms with Crippen LogP contribution in [0.1, 0.15) is 290 Å². The highest BCUT2D eigenvalue weighted by molar-refractivity contribution is 5.70. The number of rotatable bonds is 63. The van der Waals surface area contributed by atoms with E-state index in [1.54, 1.807) is 0 Å². The molecule has 0 fully saturated rings. The number of aliphatic carboxylic acids is 1. The van der Waals surface area contributed by atoms with E-state index in [0.717, 1.165) is 103 Å². The number of hydrogen-bond acceptors (Lipinski definition) is 8. The molecule has 0 aromatic heterocycles. The first kappa shape index (κ1) is 80.0. The minimum absolute atomic E-state index is 0.142. The molecule has 9 nitrogen and oxygen atoms in total. The van der Waals surface area contributed by atoms with Gasteiger partial charge in [0.1, 0.15) is 13.2 Å². The number of carboxylic acid groups (broad SMARTS) is 1. The fourth-order valence-corrected chi connectivity index (χ4v) is 9.53. The van der Waals surface area contributed by atoms with Crippen molar-refractivity contribution in [3.8, 4) is 0 Å². The van der Waals surface area contributed by atoms with Gasteiger partial charge >= 0.3 is 11.9 Å². The Morgan fingerprint density at radius 3 is 1.01 bits per heavy atom. The zero-order valence-electron chi connectivity index (χ0n) is 55.0. The van der Waals surface area contributed by atoms with Crippen LogP contribution in [0.15, 0.2) is 109 Å². The Bertz CT molecular complexity index is 1750. The Hall–Kier alpha value is -4.05. The number of carbonyl (C=O) groups excluding carboxylic acids is 3. The maximum absolute atomic E-state index is 12.9. The van der Waals surface area contributed by atoms with Gasteiger partial charge in [-0.3, -0.25) is 9.59 Å². The van der Waals surface area contributed by atoms with Crippen molar-refractivity contribution in [3.63, 3.8) is 0 Å². The number of allylic oxidation sites excluding steroid dienone is 18. The van der Waals surface area contributed by atoms with E-state index in [4.69, 9.17) is 18.9 Å². The smallest absolute Gasteiger partial charge is 0.306 e. The topological polar surface area (TPSA) is 111 Å². The highest BCUT2D eigenvalue weighted by Crippen LogP contribution is 2.17. The van der Waals surface area contributed by atoms with Crippen LogP contribution in [0.25, 0.3) is 0 Å².